The maximum atomic E-state index is 12.2. The van der Waals surface area contributed by atoms with E-state index in [9.17, 15) is 4.79 Å². The molecule has 0 atom stereocenters. The fraction of sp³-hybridized carbons (Fsp3) is 0.526. The van der Waals surface area contributed by atoms with E-state index in [0.29, 0.717) is 17.8 Å². The highest BCUT2D eigenvalue weighted by Crippen LogP contribution is 2.26. The molecule has 1 aromatic carbocycles. The second-order valence-corrected chi connectivity index (χ2v) is 7.12. The van der Waals surface area contributed by atoms with Gasteiger partial charge in [0.2, 0.25) is 11.7 Å². The summed E-state index contributed by atoms with van der Waals surface area (Å²) in [7, 11) is 0. The first-order chi connectivity index (χ1) is 12.0. The highest BCUT2D eigenvalue weighted by Gasteiger charge is 2.27. The van der Waals surface area contributed by atoms with Crippen molar-refractivity contribution in [2.24, 2.45) is 11.8 Å². The Morgan fingerprint density at radius 2 is 2.04 bits per heavy atom. The molecule has 0 radical (unpaired) electrons. The van der Waals surface area contributed by atoms with Crippen molar-refractivity contribution < 1.29 is 9.32 Å². The Morgan fingerprint density at radius 3 is 2.72 bits per heavy atom. The van der Waals surface area contributed by atoms with Crippen molar-refractivity contribution in [1.82, 2.24) is 15.5 Å². The standard InChI is InChI=1S/C19H26N4O2/c1-13(2)12-20-18(24)15-8-10-23(11-9-15)19-21-17(22-25-19)16-7-5-4-6-14(16)3/h4-7,13,15H,8-12H2,1-3H3,(H,20,24). The first-order valence-corrected chi connectivity index (χ1v) is 8.97. The Hall–Kier alpha value is -2.37. The van der Waals surface area contributed by atoms with Gasteiger partial charge in [0.05, 0.1) is 0 Å². The monoisotopic (exact) mass is 342 g/mol. The molecule has 0 saturated carbocycles. The summed E-state index contributed by atoms with van der Waals surface area (Å²) in [6.45, 7) is 8.49. The molecule has 0 spiro atoms. The number of hydrogen-bond donors (Lipinski definition) is 1. The van der Waals surface area contributed by atoms with Crippen LogP contribution < -0.4 is 10.2 Å². The van der Waals surface area contributed by atoms with Gasteiger partial charge < -0.3 is 14.7 Å². The van der Waals surface area contributed by atoms with Gasteiger partial charge >= 0.3 is 6.01 Å². The molecule has 6 nitrogen and oxygen atoms in total. The molecule has 1 N–H and O–H groups in total. The molecular formula is C19H26N4O2. The number of hydrogen-bond acceptors (Lipinski definition) is 5. The lowest BCUT2D eigenvalue weighted by Crippen LogP contribution is -2.41. The van der Waals surface area contributed by atoms with Gasteiger partial charge in [-0.25, -0.2) is 0 Å². The van der Waals surface area contributed by atoms with E-state index in [2.05, 4.69) is 34.2 Å². The van der Waals surface area contributed by atoms with Crippen LogP contribution in [0.25, 0.3) is 11.4 Å². The van der Waals surface area contributed by atoms with Crippen LogP contribution in [-0.2, 0) is 4.79 Å². The average molecular weight is 342 g/mol. The van der Waals surface area contributed by atoms with E-state index >= 15 is 0 Å². The van der Waals surface area contributed by atoms with Crippen LogP contribution in [0.15, 0.2) is 28.8 Å². The number of carbonyl (C=O) groups excluding carboxylic acids is 1. The first kappa shape index (κ1) is 17.5. The summed E-state index contributed by atoms with van der Waals surface area (Å²) < 4.78 is 5.45. The first-order valence-electron chi connectivity index (χ1n) is 8.97. The third-order valence-corrected chi connectivity index (χ3v) is 4.62. The van der Waals surface area contributed by atoms with Gasteiger partial charge in [-0.05, 0) is 31.2 Å². The van der Waals surface area contributed by atoms with Gasteiger partial charge in [0.1, 0.15) is 0 Å². The number of amides is 1. The smallest absolute Gasteiger partial charge is 0.324 e. The summed E-state index contributed by atoms with van der Waals surface area (Å²) in [6, 6.07) is 8.54. The fourth-order valence-corrected chi connectivity index (χ4v) is 3.06. The Balaban J connectivity index is 1.59. The van der Waals surface area contributed by atoms with E-state index in [0.717, 1.165) is 43.6 Å². The van der Waals surface area contributed by atoms with Crippen molar-refractivity contribution in [1.29, 1.82) is 0 Å². The lowest BCUT2D eigenvalue weighted by Gasteiger charge is -2.29. The fourth-order valence-electron chi connectivity index (χ4n) is 3.06. The number of aromatic nitrogens is 2. The molecule has 1 aliphatic rings. The number of carbonyl (C=O) groups is 1. The number of nitrogens with zero attached hydrogens (tertiary/aromatic N) is 3. The van der Waals surface area contributed by atoms with Crippen molar-refractivity contribution in [3.63, 3.8) is 0 Å². The van der Waals surface area contributed by atoms with Crippen LogP contribution in [0.2, 0.25) is 0 Å². The van der Waals surface area contributed by atoms with Gasteiger partial charge in [0, 0.05) is 31.1 Å². The largest absolute Gasteiger partial charge is 0.356 e. The lowest BCUT2D eigenvalue weighted by atomic mass is 9.96. The summed E-state index contributed by atoms with van der Waals surface area (Å²) in [5, 5.41) is 7.15. The third kappa shape index (κ3) is 4.18. The Labute approximate surface area is 148 Å². The molecule has 0 aliphatic carbocycles. The lowest BCUT2D eigenvalue weighted by molar-refractivity contribution is -0.125. The summed E-state index contributed by atoms with van der Waals surface area (Å²) in [4.78, 5) is 18.8. The van der Waals surface area contributed by atoms with Crippen molar-refractivity contribution in [2.75, 3.05) is 24.5 Å². The van der Waals surface area contributed by atoms with Crippen LogP contribution in [0.1, 0.15) is 32.3 Å². The molecule has 1 aromatic heterocycles. The predicted molar refractivity (Wildman–Crippen MR) is 97.3 cm³/mol. The van der Waals surface area contributed by atoms with Crippen LogP contribution in [-0.4, -0.2) is 35.7 Å². The van der Waals surface area contributed by atoms with Crippen LogP contribution >= 0.6 is 0 Å². The van der Waals surface area contributed by atoms with Crippen LogP contribution in [0.4, 0.5) is 6.01 Å². The molecule has 2 aromatic rings. The average Bonchev–Trinajstić information content (AvgIpc) is 3.10. The van der Waals surface area contributed by atoms with Gasteiger partial charge in [-0.1, -0.05) is 43.3 Å². The van der Waals surface area contributed by atoms with Gasteiger partial charge in [-0.15, -0.1) is 0 Å². The van der Waals surface area contributed by atoms with Gasteiger partial charge in [-0.3, -0.25) is 4.79 Å². The molecule has 0 unspecified atom stereocenters. The number of anilines is 1. The zero-order chi connectivity index (χ0) is 17.8. The quantitative estimate of drug-likeness (QED) is 0.904. The molecule has 1 aliphatic heterocycles. The molecule has 0 bridgehead atoms. The van der Waals surface area contributed by atoms with Crippen molar-refractivity contribution in [3.05, 3.63) is 29.8 Å². The SMILES string of the molecule is Cc1ccccc1-c1noc(N2CCC(C(=O)NCC(C)C)CC2)n1. The molecule has 134 valence electrons. The summed E-state index contributed by atoms with van der Waals surface area (Å²) in [6.07, 6.45) is 1.62. The van der Waals surface area contributed by atoms with Crippen molar-refractivity contribution in [2.45, 2.75) is 33.6 Å². The zero-order valence-corrected chi connectivity index (χ0v) is 15.2. The highest BCUT2D eigenvalue weighted by molar-refractivity contribution is 5.78. The maximum Gasteiger partial charge on any atom is 0.324 e. The number of benzene rings is 1. The van der Waals surface area contributed by atoms with Gasteiger partial charge in [-0.2, -0.15) is 4.98 Å². The van der Waals surface area contributed by atoms with Crippen LogP contribution in [0, 0.1) is 18.8 Å². The normalized spacial score (nSPS) is 15.6. The van der Waals surface area contributed by atoms with E-state index in [1.807, 2.05) is 31.2 Å². The summed E-state index contributed by atoms with van der Waals surface area (Å²) in [5.41, 5.74) is 2.11. The predicted octanol–water partition coefficient (Wildman–Crippen LogP) is 3.03. The van der Waals surface area contributed by atoms with E-state index < -0.39 is 0 Å². The van der Waals surface area contributed by atoms with E-state index in [1.54, 1.807) is 0 Å². The van der Waals surface area contributed by atoms with Crippen LogP contribution in [0.5, 0.6) is 0 Å². The van der Waals surface area contributed by atoms with Crippen molar-refractivity contribution >= 4 is 11.9 Å². The van der Waals surface area contributed by atoms with Gasteiger partial charge in [0.25, 0.3) is 0 Å². The second-order valence-electron chi connectivity index (χ2n) is 7.12. The zero-order valence-electron chi connectivity index (χ0n) is 15.2. The molecule has 1 amide bonds. The molecule has 2 heterocycles. The number of piperidine rings is 1. The number of aryl methyl sites for hydroxylation is 1. The summed E-state index contributed by atoms with van der Waals surface area (Å²) in [5.74, 6) is 1.33. The number of nitrogens with one attached hydrogen (secondary N) is 1. The Bertz CT molecular complexity index is 718. The molecule has 1 fully saturated rings. The summed E-state index contributed by atoms with van der Waals surface area (Å²) >= 11 is 0. The van der Waals surface area contributed by atoms with E-state index in [4.69, 9.17) is 4.52 Å². The number of rotatable bonds is 5. The highest BCUT2D eigenvalue weighted by atomic mass is 16.5. The van der Waals surface area contributed by atoms with Gasteiger partial charge in [0.15, 0.2) is 0 Å². The minimum atomic E-state index is 0.0776. The third-order valence-electron chi connectivity index (χ3n) is 4.62. The topological polar surface area (TPSA) is 71.3 Å². The van der Waals surface area contributed by atoms with Crippen LogP contribution in [0.3, 0.4) is 0 Å². The molecule has 3 rings (SSSR count). The Kier molecular flexibility index (Phi) is 5.36. The van der Waals surface area contributed by atoms with E-state index in [1.165, 1.54) is 0 Å². The van der Waals surface area contributed by atoms with E-state index in [-0.39, 0.29) is 11.8 Å². The minimum Gasteiger partial charge on any atom is -0.356 e. The molecule has 25 heavy (non-hydrogen) atoms. The minimum absolute atomic E-state index is 0.0776. The maximum absolute atomic E-state index is 12.2. The second kappa shape index (κ2) is 7.68. The Morgan fingerprint density at radius 1 is 1.32 bits per heavy atom. The molecule has 6 heteroatoms. The molecular weight excluding hydrogens is 316 g/mol. The molecule has 1 saturated heterocycles. The van der Waals surface area contributed by atoms with Crippen molar-refractivity contribution in [3.8, 4) is 11.4 Å².